The van der Waals surface area contributed by atoms with Gasteiger partial charge in [-0.05, 0) is 31.0 Å². The van der Waals surface area contributed by atoms with Crippen LogP contribution in [0.2, 0.25) is 0 Å². The van der Waals surface area contributed by atoms with Crippen molar-refractivity contribution in [2.24, 2.45) is 0 Å². The molecule has 0 saturated carbocycles. The Bertz CT molecular complexity index is 370. The summed E-state index contributed by atoms with van der Waals surface area (Å²) in [6.07, 6.45) is 0.809. The molecule has 0 heterocycles. The van der Waals surface area contributed by atoms with Crippen molar-refractivity contribution in [1.29, 1.82) is 0 Å². The molecular formula is C12H19ClN2O2. The molecule has 0 fully saturated rings. The average molecular weight is 259 g/mol. The molecule has 0 aromatic heterocycles. The molecule has 0 saturated heterocycles. The normalized spacial score (nSPS) is 9.53. The molecule has 1 aromatic rings. The maximum absolute atomic E-state index is 11.8. The van der Waals surface area contributed by atoms with E-state index in [-0.39, 0.29) is 18.3 Å². The molecular weight excluding hydrogens is 240 g/mol. The van der Waals surface area contributed by atoms with Crippen LogP contribution in [0.4, 0.5) is 5.69 Å². The zero-order chi connectivity index (χ0) is 12.0. The second-order valence-corrected chi connectivity index (χ2v) is 3.68. The Labute approximate surface area is 108 Å². The number of ether oxygens (including phenoxy) is 1. The van der Waals surface area contributed by atoms with Crippen molar-refractivity contribution in [2.45, 2.75) is 13.3 Å². The van der Waals surface area contributed by atoms with E-state index in [0.29, 0.717) is 24.4 Å². The molecule has 0 bridgehead atoms. The molecule has 0 aliphatic carbocycles. The van der Waals surface area contributed by atoms with E-state index in [1.165, 1.54) is 0 Å². The van der Waals surface area contributed by atoms with E-state index in [2.05, 4.69) is 5.32 Å². The van der Waals surface area contributed by atoms with Gasteiger partial charge < -0.3 is 15.8 Å². The molecule has 0 aliphatic rings. The predicted molar refractivity (Wildman–Crippen MR) is 71.7 cm³/mol. The summed E-state index contributed by atoms with van der Waals surface area (Å²) in [5.41, 5.74) is 7.81. The molecule has 0 aliphatic heterocycles. The maximum Gasteiger partial charge on any atom is 0.251 e. The molecule has 0 radical (unpaired) electrons. The first-order valence-electron chi connectivity index (χ1n) is 5.28. The maximum atomic E-state index is 11.8. The van der Waals surface area contributed by atoms with Gasteiger partial charge in [-0.2, -0.15) is 0 Å². The van der Waals surface area contributed by atoms with Crippen LogP contribution < -0.4 is 11.1 Å². The van der Waals surface area contributed by atoms with E-state index in [1.807, 2.05) is 13.0 Å². The Kier molecular flexibility index (Phi) is 7.34. The molecule has 3 N–H and O–H groups in total. The van der Waals surface area contributed by atoms with Crippen molar-refractivity contribution < 1.29 is 9.53 Å². The fraction of sp³-hybridized carbons (Fsp3) is 0.417. The summed E-state index contributed by atoms with van der Waals surface area (Å²) in [6.45, 7) is 3.15. The van der Waals surface area contributed by atoms with Gasteiger partial charge in [0.25, 0.3) is 5.91 Å². The zero-order valence-corrected chi connectivity index (χ0v) is 11.0. The number of amides is 1. The number of nitrogens with two attached hydrogens (primary N) is 1. The molecule has 1 aromatic carbocycles. The van der Waals surface area contributed by atoms with Crippen LogP contribution in [-0.2, 0) is 4.74 Å². The lowest BCUT2D eigenvalue weighted by Crippen LogP contribution is -2.26. The summed E-state index contributed by atoms with van der Waals surface area (Å²) in [6, 6.07) is 5.33. The average Bonchev–Trinajstić information content (AvgIpc) is 2.27. The van der Waals surface area contributed by atoms with Gasteiger partial charge in [0, 0.05) is 31.5 Å². The Morgan fingerprint density at radius 1 is 1.47 bits per heavy atom. The van der Waals surface area contributed by atoms with Crippen LogP contribution in [0, 0.1) is 6.92 Å². The minimum absolute atomic E-state index is 0. The van der Waals surface area contributed by atoms with E-state index >= 15 is 0 Å². The third-order valence-electron chi connectivity index (χ3n) is 2.32. The number of carbonyl (C=O) groups excluding carboxylic acids is 1. The zero-order valence-electron chi connectivity index (χ0n) is 10.2. The third kappa shape index (κ3) is 5.06. The summed E-state index contributed by atoms with van der Waals surface area (Å²) in [7, 11) is 1.64. The number of carbonyl (C=O) groups is 1. The van der Waals surface area contributed by atoms with E-state index in [0.717, 1.165) is 12.0 Å². The smallest absolute Gasteiger partial charge is 0.251 e. The van der Waals surface area contributed by atoms with Crippen molar-refractivity contribution >= 4 is 24.0 Å². The van der Waals surface area contributed by atoms with Crippen LogP contribution in [0.5, 0.6) is 0 Å². The summed E-state index contributed by atoms with van der Waals surface area (Å²) in [5.74, 6) is -0.0825. The van der Waals surface area contributed by atoms with Crippen molar-refractivity contribution in [3.05, 3.63) is 29.3 Å². The Morgan fingerprint density at radius 2 is 2.18 bits per heavy atom. The predicted octanol–water partition coefficient (Wildman–Crippen LogP) is 1.77. The minimum atomic E-state index is -0.0825. The number of benzene rings is 1. The lowest BCUT2D eigenvalue weighted by Gasteiger charge is -2.08. The number of nitrogens with one attached hydrogen (secondary N) is 1. The number of hydrogen-bond acceptors (Lipinski definition) is 3. The fourth-order valence-electron chi connectivity index (χ4n) is 1.40. The topological polar surface area (TPSA) is 64.3 Å². The summed E-state index contributed by atoms with van der Waals surface area (Å²) >= 11 is 0. The van der Waals surface area contributed by atoms with Gasteiger partial charge in [0.05, 0.1) is 0 Å². The number of methoxy groups -OCH3 is 1. The molecule has 5 heteroatoms. The van der Waals surface area contributed by atoms with E-state index in [4.69, 9.17) is 10.5 Å². The highest BCUT2D eigenvalue weighted by molar-refractivity contribution is 5.96. The molecule has 1 rings (SSSR count). The highest BCUT2D eigenvalue weighted by Gasteiger charge is 2.08. The van der Waals surface area contributed by atoms with Gasteiger partial charge in [-0.25, -0.2) is 0 Å². The Hall–Kier alpha value is -1.26. The summed E-state index contributed by atoms with van der Waals surface area (Å²) < 4.78 is 4.90. The molecule has 0 unspecified atom stereocenters. The minimum Gasteiger partial charge on any atom is -0.399 e. The van der Waals surface area contributed by atoms with Crippen LogP contribution in [-0.4, -0.2) is 26.2 Å². The number of halogens is 1. The van der Waals surface area contributed by atoms with Crippen LogP contribution in [0.25, 0.3) is 0 Å². The lowest BCUT2D eigenvalue weighted by atomic mass is 10.1. The quantitative estimate of drug-likeness (QED) is 0.625. The molecule has 4 nitrogen and oxygen atoms in total. The number of anilines is 1. The second-order valence-electron chi connectivity index (χ2n) is 3.68. The Morgan fingerprint density at radius 3 is 2.82 bits per heavy atom. The first kappa shape index (κ1) is 15.7. The van der Waals surface area contributed by atoms with Crippen LogP contribution in [0.15, 0.2) is 18.2 Å². The van der Waals surface area contributed by atoms with Gasteiger partial charge in [0.15, 0.2) is 0 Å². The van der Waals surface area contributed by atoms with Crippen LogP contribution in [0.3, 0.4) is 0 Å². The van der Waals surface area contributed by atoms with Gasteiger partial charge in [0.2, 0.25) is 0 Å². The highest BCUT2D eigenvalue weighted by atomic mass is 35.5. The SMILES string of the molecule is COCCCNC(=O)c1cc(N)ccc1C.Cl. The highest BCUT2D eigenvalue weighted by Crippen LogP contribution is 2.12. The van der Waals surface area contributed by atoms with E-state index in [9.17, 15) is 4.79 Å². The lowest BCUT2D eigenvalue weighted by molar-refractivity contribution is 0.0948. The van der Waals surface area contributed by atoms with Gasteiger partial charge >= 0.3 is 0 Å². The van der Waals surface area contributed by atoms with Crippen LogP contribution >= 0.6 is 12.4 Å². The molecule has 96 valence electrons. The van der Waals surface area contributed by atoms with Crippen LogP contribution in [0.1, 0.15) is 22.3 Å². The van der Waals surface area contributed by atoms with Gasteiger partial charge in [-0.3, -0.25) is 4.79 Å². The number of aryl methyl sites for hydroxylation is 1. The monoisotopic (exact) mass is 258 g/mol. The number of rotatable bonds is 5. The van der Waals surface area contributed by atoms with E-state index < -0.39 is 0 Å². The van der Waals surface area contributed by atoms with Crippen molar-refractivity contribution in [3.8, 4) is 0 Å². The van der Waals surface area contributed by atoms with Crippen molar-refractivity contribution in [2.75, 3.05) is 26.0 Å². The van der Waals surface area contributed by atoms with Gasteiger partial charge in [-0.15, -0.1) is 12.4 Å². The van der Waals surface area contributed by atoms with Gasteiger partial charge in [0.1, 0.15) is 0 Å². The Balaban J connectivity index is 0.00000256. The third-order valence-corrected chi connectivity index (χ3v) is 2.32. The first-order chi connectivity index (χ1) is 7.65. The fourth-order valence-corrected chi connectivity index (χ4v) is 1.40. The van der Waals surface area contributed by atoms with Gasteiger partial charge in [-0.1, -0.05) is 6.07 Å². The largest absolute Gasteiger partial charge is 0.399 e. The molecule has 0 spiro atoms. The summed E-state index contributed by atoms with van der Waals surface area (Å²) in [5, 5.41) is 2.83. The number of hydrogen-bond donors (Lipinski definition) is 2. The van der Waals surface area contributed by atoms with Crippen molar-refractivity contribution in [3.63, 3.8) is 0 Å². The summed E-state index contributed by atoms with van der Waals surface area (Å²) in [4.78, 5) is 11.8. The first-order valence-corrected chi connectivity index (χ1v) is 5.28. The second kappa shape index (κ2) is 7.92. The molecule has 1 amide bonds. The molecule has 17 heavy (non-hydrogen) atoms. The molecule has 0 atom stereocenters. The number of nitrogen functional groups attached to an aromatic ring is 1. The standard InChI is InChI=1S/C12H18N2O2.ClH/c1-9-4-5-10(13)8-11(9)12(15)14-6-3-7-16-2;/h4-5,8H,3,6-7,13H2,1-2H3,(H,14,15);1H. The van der Waals surface area contributed by atoms with Crippen molar-refractivity contribution in [1.82, 2.24) is 5.32 Å². The van der Waals surface area contributed by atoms with E-state index in [1.54, 1.807) is 19.2 Å².